The summed E-state index contributed by atoms with van der Waals surface area (Å²) >= 11 is 10.9. The summed E-state index contributed by atoms with van der Waals surface area (Å²) in [6.07, 6.45) is 13.7. The van der Waals surface area contributed by atoms with Gasteiger partial charge in [-0.3, -0.25) is 13.6 Å². The average molecular weight is 571 g/mol. The summed E-state index contributed by atoms with van der Waals surface area (Å²) in [4.78, 5) is 0. The number of hydrogen-bond acceptors (Lipinski definition) is 3. The van der Waals surface area contributed by atoms with Crippen LogP contribution in [0.4, 0.5) is 0 Å². The Kier molecular flexibility index (Phi) is 20.4. The third-order valence-electron chi connectivity index (χ3n) is 3.71. The highest BCUT2D eigenvalue weighted by molar-refractivity contribution is 9.10. The van der Waals surface area contributed by atoms with Crippen molar-refractivity contribution in [2.24, 2.45) is 0 Å². The van der Waals surface area contributed by atoms with Crippen LogP contribution in [-0.4, -0.2) is 15.0 Å². The van der Waals surface area contributed by atoms with Gasteiger partial charge in [-0.05, 0) is 38.5 Å². The maximum absolute atomic E-state index is 6.03. The van der Waals surface area contributed by atoms with Gasteiger partial charge in [0.2, 0.25) is 0 Å². The Morgan fingerprint density at radius 2 is 0.840 bits per heavy atom. The summed E-state index contributed by atoms with van der Waals surface area (Å²) in [6, 6.07) is 0. The minimum Gasteiger partial charge on any atom is -0.297 e. The highest BCUT2D eigenvalue weighted by atomic mass is 79.9. The Balaban J connectivity index is 4.37. The van der Waals surface area contributed by atoms with E-state index < -0.39 is 8.60 Å². The first-order chi connectivity index (χ1) is 12.0. The fraction of sp³-hybridized carbons (Fsp3) is 1.00. The van der Waals surface area contributed by atoms with Crippen LogP contribution in [0.5, 0.6) is 0 Å². The Morgan fingerprint density at radius 1 is 0.560 bits per heavy atom. The van der Waals surface area contributed by atoms with Gasteiger partial charge in [0.05, 0.1) is 0 Å². The Bertz CT molecular complexity index is 245. The molecule has 0 radical (unpaired) electrons. The van der Waals surface area contributed by atoms with Crippen molar-refractivity contribution in [1.29, 1.82) is 0 Å². The van der Waals surface area contributed by atoms with Crippen LogP contribution in [0.1, 0.15) is 97.8 Å². The summed E-state index contributed by atoms with van der Waals surface area (Å²) in [5, 5.41) is -0.0532. The van der Waals surface area contributed by atoms with Crippen LogP contribution in [0.25, 0.3) is 0 Å². The smallest absolute Gasteiger partial charge is 0.297 e. The quantitative estimate of drug-likeness (QED) is 0.0934. The second-order valence-electron chi connectivity index (χ2n) is 6.26. The van der Waals surface area contributed by atoms with E-state index in [0.717, 1.165) is 38.5 Å². The highest BCUT2D eigenvalue weighted by Gasteiger charge is 2.24. The first-order valence-corrected chi connectivity index (χ1v) is 13.6. The highest BCUT2D eigenvalue weighted by Crippen LogP contribution is 2.48. The zero-order valence-corrected chi connectivity index (χ0v) is 21.7. The SMILES string of the molecule is CCCCCC(Br)OP(OC(Br)CCCCC)OC(Br)CCCCC. The minimum atomic E-state index is -1.38. The molecule has 0 spiro atoms. The first-order valence-electron chi connectivity index (χ1n) is 9.76. The molecule has 0 aliphatic rings. The van der Waals surface area contributed by atoms with Crippen molar-refractivity contribution in [3.63, 3.8) is 0 Å². The lowest BCUT2D eigenvalue weighted by atomic mass is 10.2. The number of unbranched alkanes of at least 4 members (excludes halogenated alkanes) is 6. The fourth-order valence-electron chi connectivity index (χ4n) is 2.18. The second kappa shape index (κ2) is 19.1. The molecule has 7 heteroatoms. The molecular formula is C18H36Br3O3P. The van der Waals surface area contributed by atoms with Gasteiger partial charge in [0.1, 0.15) is 15.0 Å². The van der Waals surface area contributed by atoms with E-state index >= 15 is 0 Å². The first kappa shape index (κ1) is 26.8. The van der Waals surface area contributed by atoms with Crippen molar-refractivity contribution in [2.45, 2.75) is 113 Å². The van der Waals surface area contributed by atoms with Crippen LogP contribution in [-0.2, 0) is 13.6 Å². The molecule has 0 aromatic heterocycles. The minimum absolute atomic E-state index is 0.0177. The third kappa shape index (κ3) is 17.6. The number of rotatable bonds is 18. The Hall–Kier alpha value is 1.75. The van der Waals surface area contributed by atoms with E-state index in [4.69, 9.17) is 13.6 Å². The van der Waals surface area contributed by atoms with E-state index in [1.165, 1.54) is 38.5 Å². The van der Waals surface area contributed by atoms with Crippen molar-refractivity contribution >= 4 is 56.4 Å². The normalized spacial score (nSPS) is 16.6. The molecule has 0 fully saturated rings. The predicted octanol–water partition coefficient (Wildman–Crippen LogP) is 9.17. The van der Waals surface area contributed by atoms with Crippen LogP contribution < -0.4 is 0 Å². The second-order valence-corrected chi connectivity index (χ2v) is 10.4. The van der Waals surface area contributed by atoms with E-state index in [0.29, 0.717) is 0 Å². The molecule has 25 heavy (non-hydrogen) atoms. The lowest BCUT2D eigenvalue weighted by Crippen LogP contribution is -2.11. The molecule has 3 unspecified atom stereocenters. The molecule has 0 aromatic carbocycles. The van der Waals surface area contributed by atoms with Gasteiger partial charge in [0, 0.05) is 0 Å². The lowest BCUT2D eigenvalue weighted by Gasteiger charge is -2.24. The molecule has 0 aromatic rings. The molecular weight excluding hydrogens is 535 g/mol. The van der Waals surface area contributed by atoms with Crippen molar-refractivity contribution in [2.75, 3.05) is 0 Å². The lowest BCUT2D eigenvalue weighted by molar-refractivity contribution is 0.130. The average Bonchev–Trinajstić information content (AvgIpc) is 2.55. The van der Waals surface area contributed by atoms with Crippen LogP contribution in [0, 0.1) is 0 Å². The third-order valence-corrected chi connectivity index (χ3v) is 7.79. The van der Waals surface area contributed by atoms with Gasteiger partial charge in [-0.15, -0.1) is 0 Å². The molecule has 0 heterocycles. The van der Waals surface area contributed by atoms with Crippen LogP contribution in [0.3, 0.4) is 0 Å². The molecule has 0 aliphatic heterocycles. The molecule has 3 atom stereocenters. The van der Waals surface area contributed by atoms with Gasteiger partial charge < -0.3 is 0 Å². The zero-order chi connectivity index (χ0) is 18.9. The van der Waals surface area contributed by atoms with Crippen molar-refractivity contribution in [3.05, 3.63) is 0 Å². The topological polar surface area (TPSA) is 27.7 Å². The van der Waals surface area contributed by atoms with Crippen molar-refractivity contribution in [1.82, 2.24) is 0 Å². The van der Waals surface area contributed by atoms with Gasteiger partial charge in [0.15, 0.2) is 0 Å². The van der Waals surface area contributed by atoms with E-state index in [1.807, 2.05) is 0 Å². The molecule has 152 valence electrons. The van der Waals surface area contributed by atoms with Gasteiger partial charge in [0.25, 0.3) is 0 Å². The van der Waals surface area contributed by atoms with E-state index in [9.17, 15) is 0 Å². The van der Waals surface area contributed by atoms with E-state index in [2.05, 4.69) is 68.6 Å². The fourth-order valence-corrected chi connectivity index (χ4v) is 5.40. The standard InChI is InChI=1S/C18H36Br3O3P/c1-4-7-10-13-16(19)22-25(23-17(20)14-11-8-5-2)24-18(21)15-12-9-6-3/h16-18H,4-15H2,1-3H3. The number of hydrogen-bond donors (Lipinski definition) is 0. The molecule has 0 rings (SSSR count). The molecule has 3 nitrogen and oxygen atoms in total. The zero-order valence-electron chi connectivity index (χ0n) is 16.0. The largest absolute Gasteiger partial charge is 0.336 e. The predicted molar refractivity (Wildman–Crippen MR) is 121 cm³/mol. The Morgan fingerprint density at radius 3 is 1.08 bits per heavy atom. The van der Waals surface area contributed by atoms with Crippen LogP contribution >= 0.6 is 56.4 Å². The van der Waals surface area contributed by atoms with E-state index in [-0.39, 0.29) is 15.0 Å². The molecule has 0 aliphatic carbocycles. The summed E-state index contributed by atoms with van der Waals surface area (Å²) in [6.45, 7) is 6.63. The van der Waals surface area contributed by atoms with Crippen molar-refractivity contribution in [3.8, 4) is 0 Å². The molecule has 0 amide bonds. The molecule has 0 saturated heterocycles. The summed E-state index contributed by atoms with van der Waals surface area (Å²) in [5.41, 5.74) is 0. The maximum Gasteiger partial charge on any atom is 0.336 e. The van der Waals surface area contributed by atoms with Crippen LogP contribution in [0.2, 0.25) is 0 Å². The van der Waals surface area contributed by atoms with Gasteiger partial charge >= 0.3 is 8.60 Å². The van der Waals surface area contributed by atoms with Crippen LogP contribution in [0.15, 0.2) is 0 Å². The molecule has 0 saturated carbocycles. The Labute approximate surface area is 182 Å². The molecule has 0 N–H and O–H groups in total. The molecule has 0 bridgehead atoms. The number of alkyl halides is 3. The number of halogens is 3. The summed E-state index contributed by atoms with van der Waals surface area (Å²) < 4.78 is 18.1. The summed E-state index contributed by atoms with van der Waals surface area (Å²) in [7, 11) is -1.38. The summed E-state index contributed by atoms with van der Waals surface area (Å²) in [5.74, 6) is 0. The monoisotopic (exact) mass is 568 g/mol. The van der Waals surface area contributed by atoms with Gasteiger partial charge in [-0.1, -0.05) is 107 Å². The van der Waals surface area contributed by atoms with Gasteiger partial charge in [-0.25, -0.2) is 0 Å². The van der Waals surface area contributed by atoms with Gasteiger partial charge in [-0.2, -0.15) is 0 Å². The maximum atomic E-state index is 6.03. The van der Waals surface area contributed by atoms with Crippen molar-refractivity contribution < 1.29 is 13.6 Å². The van der Waals surface area contributed by atoms with E-state index in [1.54, 1.807) is 0 Å².